The Labute approximate surface area is 126 Å². The van der Waals surface area contributed by atoms with Gasteiger partial charge in [-0.15, -0.1) is 0 Å². The van der Waals surface area contributed by atoms with E-state index in [4.69, 9.17) is 0 Å². The van der Waals surface area contributed by atoms with Gasteiger partial charge >= 0.3 is 0 Å². The Morgan fingerprint density at radius 1 is 1.22 bits per heavy atom. The molecule has 0 saturated heterocycles. The van der Waals surface area contributed by atoms with Gasteiger partial charge in [0.2, 0.25) is 10.0 Å². The fourth-order valence-electron chi connectivity index (χ4n) is 1.25. The van der Waals surface area contributed by atoms with Crippen molar-refractivity contribution >= 4 is 41.9 Å². The predicted octanol–water partition coefficient (Wildman–Crippen LogP) is 3.78. The quantitative estimate of drug-likeness (QED) is 0.820. The van der Waals surface area contributed by atoms with Gasteiger partial charge < -0.3 is 0 Å². The Bertz CT molecular complexity index is 515. The molecule has 1 unspecified atom stereocenters. The van der Waals surface area contributed by atoms with E-state index in [1.165, 1.54) is 0 Å². The van der Waals surface area contributed by atoms with Crippen LogP contribution >= 0.6 is 31.9 Å². The molecule has 1 N–H and O–H groups in total. The lowest BCUT2D eigenvalue weighted by Crippen LogP contribution is -2.30. The van der Waals surface area contributed by atoms with Crippen molar-refractivity contribution in [2.75, 3.05) is 6.54 Å². The average molecular weight is 399 g/mol. The maximum absolute atomic E-state index is 12.1. The van der Waals surface area contributed by atoms with Gasteiger partial charge in [0.15, 0.2) is 0 Å². The van der Waals surface area contributed by atoms with Crippen LogP contribution in [0.25, 0.3) is 0 Å². The van der Waals surface area contributed by atoms with E-state index in [9.17, 15) is 8.42 Å². The van der Waals surface area contributed by atoms with E-state index in [0.29, 0.717) is 22.9 Å². The molecular formula is C12H17Br2NO2S. The zero-order valence-electron chi connectivity index (χ0n) is 10.6. The molecule has 0 aliphatic heterocycles. The van der Waals surface area contributed by atoms with E-state index in [2.05, 4.69) is 50.4 Å². The topological polar surface area (TPSA) is 46.2 Å². The lowest BCUT2D eigenvalue weighted by Gasteiger charge is -2.16. The summed E-state index contributed by atoms with van der Waals surface area (Å²) in [7, 11) is -3.45. The number of rotatable bonds is 5. The molecule has 1 aromatic rings. The smallest absolute Gasteiger partial charge is 0.211 e. The summed E-state index contributed by atoms with van der Waals surface area (Å²) >= 11 is 6.57. The van der Waals surface area contributed by atoms with Crippen LogP contribution in [0.5, 0.6) is 0 Å². The maximum atomic E-state index is 12.1. The molecule has 0 radical (unpaired) electrons. The van der Waals surface area contributed by atoms with Crippen molar-refractivity contribution in [3.8, 4) is 0 Å². The highest BCUT2D eigenvalue weighted by Crippen LogP contribution is 2.25. The molecule has 0 amide bonds. The van der Waals surface area contributed by atoms with Gasteiger partial charge in [0.1, 0.15) is 0 Å². The molecule has 0 aliphatic carbocycles. The van der Waals surface area contributed by atoms with E-state index >= 15 is 0 Å². The first-order valence-corrected chi connectivity index (χ1v) is 8.75. The van der Waals surface area contributed by atoms with Crippen LogP contribution in [0, 0.1) is 11.8 Å². The predicted molar refractivity (Wildman–Crippen MR) is 81.0 cm³/mol. The highest BCUT2D eigenvalue weighted by molar-refractivity contribution is 9.11. The first kappa shape index (κ1) is 16.1. The summed E-state index contributed by atoms with van der Waals surface area (Å²) in [4.78, 5) is 0.265. The summed E-state index contributed by atoms with van der Waals surface area (Å²) in [6.07, 6.45) is 0. The van der Waals surface area contributed by atoms with Crippen molar-refractivity contribution < 1.29 is 8.42 Å². The van der Waals surface area contributed by atoms with Crippen LogP contribution in [0.2, 0.25) is 0 Å². The van der Waals surface area contributed by atoms with Crippen LogP contribution in [-0.4, -0.2) is 15.0 Å². The Balaban J connectivity index is 2.87. The zero-order valence-corrected chi connectivity index (χ0v) is 14.6. The molecule has 1 atom stereocenters. The molecule has 1 rings (SSSR count). The van der Waals surface area contributed by atoms with Gasteiger partial charge in [-0.1, -0.05) is 36.7 Å². The van der Waals surface area contributed by atoms with E-state index in [-0.39, 0.29) is 4.90 Å². The molecule has 1 aromatic carbocycles. The van der Waals surface area contributed by atoms with E-state index in [1.807, 2.05) is 6.92 Å². The summed E-state index contributed by atoms with van der Waals surface area (Å²) in [6.45, 7) is 6.63. The van der Waals surface area contributed by atoms with Crippen LogP contribution in [-0.2, 0) is 10.0 Å². The second-order valence-corrected chi connectivity index (χ2v) is 8.15. The molecule has 0 aliphatic rings. The van der Waals surface area contributed by atoms with Crippen LogP contribution < -0.4 is 4.72 Å². The van der Waals surface area contributed by atoms with Gasteiger partial charge in [-0.3, -0.25) is 0 Å². The third kappa shape index (κ3) is 4.33. The highest BCUT2D eigenvalue weighted by Gasteiger charge is 2.19. The molecule has 3 nitrogen and oxygen atoms in total. The fraction of sp³-hybridized carbons (Fsp3) is 0.500. The van der Waals surface area contributed by atoms with Gasteiger partial charge in [-0.25, -0.2) is 13.1 Å². The molecule has 0 aromatic heterocycles. The Morgan fingerprint density at radius 3 is 2.33 bits per heavy atom. The standard InChI is InChI=1S/C12H17Br2NO2S/c1-8(2)9(3)7-15-18(16,17)12-5-4-10(13)6-11(12)14/h4-6,8-9,15H,7H2,1-3H3. The van der Waals surface area contributed by atoms with Gasteiger partial charge in [-0.05, 0) is 46.0 Å². The minimum Gasteiger partial charge on any atom is -0.211 e. The fourth-order valence-corrected chi connectivity index (χ4v) is 4.13. The molecular weight excluding hydrogens is 382 g/mol. The minimum atomic E-state index is -3.45. The molecule has 0 heterocycles. The summed E-state index contributed by atoms with van der Waals surface area (Å²) in [5.41, 5.74) is 0. The second-order valence-electron chi connectivity index (χ2n) is 4.65. The first-order chi connectivity index (χ1) is 8.24. The first-order valence-electron chi connectivity index (χ1n) is 5.68. The molecule has 18 heavy (non-hydrogen) atoms. The number of hydrogen-bond acceptors (Lipinski definition) is 2. The number of hydrogen-bond donors (Lipinski definition) is 1. The number of nitrogens with one attached hydrogen (secondary N) is 1. The van der Waals surface area contributed by atoms with Crippen LogP contribution in [0.15, 0.2) is 32.0 Å². The lowest BCUT2D eigenvalue weighted by atomic mass is 9.99. The summed E-state index contributed by atoms with van der Waals surface area (Å²) in [6, 6.07) is 5.02. The second kappa shape index (κ2) is 6.50. The zero-order chi connectivity index (χ0) is 13.9. The largest absolute Gasteiger partial charge is 0.241 e. The normalized spacial score (nSPS) is 13.9. The lowest BCUT2D eigenvalue weighted by molar-refractivity contribution is 0.414. The van der Waals surface area contributed by atoms with E-state index in [1.54, 1.807) is 18.2 Å². The molecule has 102 valence electrons. The third-order valence-electron chi connectivity index (χ3n) is 2.92. The molecule has 0 saturated carbocycles. The summed E-state index contributed by atoms with van der Waals surface area (Å²) < 4.78 is 28.3. The molecule has 0 spiro atoms. The molecule has 0 fully saturated rings. The maximum Gasteiger partial charge on any atom is 0.241 e. The van der Waals surface area contributed by atoms with E-state index < -0.39 is 10.0 Å². The number of halogens is 2. The van der Waals surface area contributed by atoms with Crippen molar-refractivity contribution in [1.82, 2.24) is 4.72 Å². The number of benzene rings is 1. The van der Waals surface area contributed by atoms with Crippen LogP contribution in [0.1, 0.15) is 20.8 Å². The average Bonchev–Trinajstić information content (AvgIpc) is 2.25. The molecule has 0 bridgehead atoms. The Morgan fingerprint density at radius 2 is 1.83 bits per heavy atom. The van der Waals surface area contributed by atoms with Crippen molar-refractivity contribution in [1.29, 1.82) is 0 Å². The monoisotopic (exact) mass is 397 g/mol. The Kier molecular flexibility index (Phi) is 5.83. The SMILES string of the molecule is CC(C)C(C)CNS(=O)(=O)c1ccc(Br)cc1Br. The summed E-state index contributed by atoms with van der Waals surface area (Å²) in [5, 5.41) is 0. The van der Waals surface area contributed by atoms with Gasteiger partial charge in [-0.2, -0.15) is 0 Å². The highest BCUT2D eigenvalue weighted by atomic mass is 79.9. The van der Waals surface area contributed by atoms with Crippen molar-refractivity contribution in [2.45, 2.75) is 25.7 Å². The van der Waals surface area contributed by atoms with Crippen molar-refractivity contribution in [2.24, 2.45) is 11.8 Å². The third-order valence-corrected chi connectivity index (χ3v) is 5.81. The van der Waals surface area contributed by atoms with Gasteiger partial charge in [0.05, 0.1) is 4.90 Å². The van der Waals surface area contributed by atoms with Crippen molar-refractivity contribution in [3.63, 3.8) is 0 Å². The minimum absolute atomic E-state index is 0.265. The van der Waals surface area contributed by atoms with Crippen molar-refractivity contribution in [3.05, 3.63) is 27.1 Å². The number of sulfonamides is 1. The van der Waals surface area contributed by atoms with Crippen LogP contribution in [0.3, 0.4) is 0 Å². The van der Waals surface area contributed by atoms with Crippen LogP contribution in [0.4, 0.5) is 0 Å². The van der Waals surface area contributed by atoms with Gasteiger partial charge in [0.25, 0.3) is 0 Å². The molecule has 6 heteroatoms. The van der Waals surface area contributed by atoms with Gasteiger partial charge in [0, 0.05) is 15.5 Å². The Hall–Kier alpha value is 0.0900. The van der Waals surface area contributed by atoms with E-state index in [0.717, 1.165) is 4.47 Å². The summed E-state index contributed by atoms with van der Waals surface area (Å²) in [5.74, 6) is 0.745.